The van der Waals surface area contributed by atoms with Crippen LogP contribution in [0.4, 0.5) is 5.69 Å². The molecule has 0 aliphatic heterocycles. The number of amides is 2. The molecule has 3 N–H and O–H groups in total. The number of rotatable bonds is 5. The zero-order valence-corrected chi connectivity index (χ0v) is 12.6. The monoisotopic (exact) mass is 298 g/mol. The van der Waals surface area contributed by atoms with Crippen molar-refractivity contribution in [3.63, 3.8) is 0 Å². The van der Waals surface area contributed by atoms with Crippen LogP contribution < -0.4 is 15.8 Å². The molecule has 2 amide bonds. The van der Waals surface area contributed by atoms with Gasteiger partial charge in [0.05, 0.1) is 0 Å². The average Bonchev–Trinajstić information content (AvgIpc) is 2.47. The second-order valence-electron chi connectivity index (χ2n) is 5.00. The van der Waals surface area contributed by atoms with Gasteiger partial charge < -0.3 is 15.8 Å². The molecular weight excluding hydrogens is 280 g/mol. The van der Waals surface area contributed by atoms with E-state index < -0.39 is 5.91 Å². The summed E-state index contributed by atoms with van der Waals surface area (Å²) < 4.78 is 5.43. The minimum Gasteiger partial charge on any atom is -0.484 e. The first-order valence-corrected chi connectivity index (χ1v) is 6.86. The van der Waals surface area contributed by atoms with Crippen LogP contribution in [0.5, 0.6) is 5.75 Å². The van der Waals surface area contributed by atoms with Gasteiger partial charge in [-0.1, -0.05) is 18.2 Å². The molecule has 0 saturated heterocycles. The Morgan fingerprint density at radius 3 is 2.55 bits per heavy atom. The summed E-state index contributed by atoms with van der Waals surface area (Å²) in [5.41, 5.74) is 7.92. The molecule has 0 aliphatic carbocycles. The SMILES string of the molecule is Cc1cccc(OCC(=O)Nc2cccc(C(N)=O)c2C)c1. The van der Waals surface area contributed by atoms with Gasteiger partial charge in [-0.25, -0.2) is 0 Å². The highest BCUT2D eigenvalue weighted by Crippen LogP contribution is 2.18. The Bertz CT molecular complexity index is 711. The van der Waals surface area contributed by atoms with Gasteiger partial charge in [0.1, 0.15) is 5.75 Å². The molecule has 0 bridgehead atoms. The van der Waals surface area contributed by atoms with Gasteiger partial charge >= 0.3 is 0 Å². The number of carbonyl (C=O) groups excluding carboxylic acids is 2. The van der Waals surface area contributed by atoms with Crippen LogP contribution in [0.3, 0.4) is 0 Å². The fraction of sp³-hybridized carbons (Fsp3) is 0.176. The Balaban J connectivity index is 2.01. The van der Waals surface area contributed by atoms with E-state index in [1.807, 2.05) is 25.1 Å². The van der Waals surface area contributed by atoms with E-state index in [1.165, 1.54) is 0 Å². The van der Waals surface area contributed by atoms with Gasteiger partial charge in [0.15, 0.2) is 6.61 Å². The van der Waals surface area contributed by atoms with Gasteiger partial charge in [-0.3, -0.25) is 9.59 Å². The van der Waals surface area contributed by atoms with Crippen LogP contribution in [0, 0.1) is 13.8 Å². The predicted molar refractivity (Wildman–Crippen MR) is 85.0 cm³/mol. The summed E-state index contributed by atoms with van der Waals surface area (Å²) in [5.74, 6) is -0.186. The largest absolute Gasteiger partial charge is 0.484 e. The number of nitrogens with one attached hydrogen (secondary N) is 1. The van der Waals surface area contributed by atoms with Crippen LogP contribution in [-0.4, -0.2) is 18.4 Å². The van der Waals surface area contributed by atoms with Crippen molar-refractivity contribution in [3.05, 3.63) is 59.2 Å². The summed E-state index contributed by atoms with van der Waals surface area (Å²) in [7, 11) is 0. The third-order valence-electron chi connectivity index (χ3n) is 3.23. The molecule has 2 aromatic rings. The molecule has 22 heavy (non-hydrogen) atoms. The van der Waals surface area contributed by atoms with E-state index in [2.05, 4.69) is 5.32 Å². The van der Waals surface area contributed by atoms with E-state index in [4.69, 9.17) is 10.5 Å². The third kappa shape index (κ3) is 3.85. The highest BCUT2D eigenvalue weighted by molar-refractivity contribution is 5.98. The van der Waals surface area contributed by atoms with Gasteiger partial charge in [0.2, 0.25) is 5.91 Å². The Morgan fingerprint density at radius 1 is 1.14 bits per heavy atom. The molecule has 5 heteroatoms. The van der Waals surface area contributed by atoms with Crippen LogP contribution in [0.1, 0.15) is 21.5 Å². The normalized spacial score (nSPS) is 10.1. The van der Waals surface area contributed by atoms with E-state index in [1.54, 1.807) is 31.2 Å². The van der Waals surface area contributed by atoms with Crippen LogP contribution in [0.15, 0.2) is 42.5 Å². The minimum atomic E-state index is -0.524. The van der Waals surface area contributed by atoms with E-state index in [0.29, 0.717) is 22.6 Å². The minimum absolute atomic E-state index is 0.107. The molecule has 0 unspecified atom stereocenters. The summed E-state index contributed by atoms with van der Waals surface area (Å²) in [6, 6.07) is 12.5. The molecule has 5 nitrogen and oxygen atoms in total. The molecule has 0 aliphatic rings. The zero-order valence-electron chi connectivity index (χ0n) is 12.6. The van der Waals surface area contributed by atoms with Gasteiger partial charge in [-0.15, -0.1) is 0 Å². The van der Waals surface area contributed by atoms with Crippen molar-refractivity contribution in [2.45, 2.75) is 13.8 Å². The Kier molecular flexibility index (Phi) is 4.78. The lowest BCUT2D eigenvalue weighted by molar-refractivity contribution is -0.118. The van der Waals surface area contributed by atoms with E-state index in [0.717, 1.165) is 5.56 Å². The number of nitrogens with two attached hydrogens (primary N) is 1. The van der Waals surface area contributed by atoms with Crippen LogP contribution in [0.25, 0.3) is 0 Å². The molecule has 0 radical (unpaired) electrons. The molecule has 2 rings (SSSR count). The highest BCUT2D eigenvalue weighted by atomic mass is 16.5. The molecule has 0 saturated carbocycles. The first kappa shape index (κ1) is 15.6. The lowest BCUT2D eigenvalue weighted by Crippen LogP contribution is -2.21. The fourth-order valence-corrected chi connectivity index (χ4v) is 2.08. The molecule has 0 fully saturated rings. The second kappa shape index (κ2) is 6.76. The lowest BCUT2D eigenvalue weighted by Gasteiger charge is -2.11. The van der Waals surface area contributed by atoms with Crippen molar-refractivity contribution < 1.29 is 14.3 Å². The summed E-state index contributed by atoms with van der Waals surface area (Å²) in [5, 5.41) is 2.72. The predicted octanol–water partition coefficient (Wildman–Crippen LogP) is 2.42. The smallest absolute Gasteiger partial charge is 0.262 e. The van der Waals surface area contributed by atoms with E-state index >= 15 is 0 Å². The molecule has 0 heterocycles. The molecule has 2 aromatic carbocycles. The van der Waals surface area contributed by atoms with Gasteiger partial charge in [0.25, 0.3) is 5.91 Å². The number of anilines is 1. The lowest BCUT2D eigenvalue weighted by atomic mass is 10.1. The van der Waals surface area contributed by atoms with Crippen LogP contribution in [0.2, 0.25) is 0 Å². The summed E-state index contributed by atoms with van der Waals surface area (Å²) in [6.45, 7) is 3.58. The quantitative estimate of drug-likeness (QED) is 0.889. The van der Waals surface area contributed by atoms with Crippen molar-refractivity contribution >= 4 is 17.5 Å². The molecule has 0 spiro atoms. The first-order chi connectivity index (χ1) is 10.5. The number of aryl methyl sites for hydroxylation is 1. The number of hydrogen-bond donors (Lipinski definition) is 2. The van der Waals surface area contributed by atoms with Gasteiger partial charge in [-0.2, -0.15) is 0 Å². The molecule has 114 valence electrons. The Labute approximate surface area is 129 Å². The van der Waals surface area contributed by atoms with Crippen molar-refractivity contribution in [2.24, 2.45) is 5.73 Å². The maximum atomic E-state index is 12.0. The fourth-order valence-electron chi connectivity index (χ4n) is 2.08. The number of ether oxygens (including phenoxy) is 1. The number of benzene rings is 2. The Hall–Kier alpha value is -2.82. The summed E-state index contributed by atoms with van der Waals surface area (Å²) in [6.07, 6.45) is 0. The zero-order chi connectivity index (χ0) is 16.1. The Morgan fingerprint density at radius 2 is 1.86 bits per heavy atom. The molecule has 0 aromatic heterocycles. The van der Waals surface area contributed by atoms with Crippen LogP contribution >= 0.6 is 0 Å². The van der Waals surface area contributed by atoms with E-state index in [9.17, 15) is 9.59 Å². The van der Waals surface area contributed by atoms with Crippen molar-refractivity contribution in [1.29, 1.82) is 0 Å². The standard InChI is InChI=1S/C17H18N2O3/c1-11-5-3-6-13(9-11)22-10-16(20)19-15-8-4-7-14(12(15)2)17(18)21/h3-9H,10H2,1-2H3,(H2,18,21)(H,19,20). The topological polar surface area (TPSA) is 81.4 Å². The highest BCUT2D eigenvalue weighted by Gasteiger charge is 2.11. The summed E-state index contributed by atoms with van der Waals surface area (Å²) >= 11 is 0. The maximum Gasteiger partial charge on any atom is 0.262 e. The van der Waals surface area contributed by atoms with Crippen molar-refractivity contribution in [1.82, 2.24) is 0 Å². The van der Waals surface area contributed by atoms with E-state index in [-0.39, 0.29) is 12.5 Å². The maximum absolute atomic E-state index is 12.0. The van der Waals surface area contributed by atoms with Crippen molar-refractivity contribution in [2.75, 3.05) is 11.9 Å². The van der Waals surface area contributed by atoms with Gasteiger partial charge in [0, 0.05) is 11.3 Å². The summed E-state index contributed by atoms with van der Waals surface area (Å²) in [4.78, 5) is 23.2. The number of primary amides is 1. The van der Waals surface area contributed by atoms with Gasteiger partial charge in [-0.05, 0) is 49.2 Å². The molecule has 0 atom stereocenters. The number of hydrogen-bond acceptors (Lipinski definition) is 3. The average molecular weight is 298 g/mol. The third-order valence-corrected chi connectivity index (χ3v) is 3.23. The number of carbonyl (C=O) groups is 2. The van der Waals surface area contributed by atoms with Crippen molar-refractivity contribution in [3.8, 4) is 5.75 Å². The second-order valence-corrected chi connectivity index (χ2v) is 5.00. The van der Waals surface area contributed by atoms with Crippen LogP contribution in [-0.2, 0) is 4.79 Å². The molecular formula is C17H18N2O3. The first-order valence-electron chi connectivity index (χ1n) is 6.86.